The Labute approximate surface area is 122 Å². The van der Waals surface area contributed by atoms with Crippen LogP contribution >= 0.6 is 11.6 Å². The van der Waals surface area contributed by atoms with Gasteiger partial charge in [-0.3, -0.25) is 9.78 Å². The Morgan fingerprint density at radius 2 is 2.05 bits per heavy atom. The molecule has 0 radical (unpaired) electrons. The minimum absolute atomic E-state index is 0.0327. The molecule has 1 amide bonds. The SMILES string of the molecule is CC(c1ccccc1Cl)N(C)C(=O)c1cncc(O)c1. The Hall–Kier alpha value is -2.07. The largest absolute Gasteiger partial charge is 0.506 e. The molecule has 1 heterocycles. The van der Waals surface area contributed by atoms with Crippen LogP contribution in [0.2, 0.25) is 5.02 Å². The zero-order chi connectivity index (χ0) is 14.7. The third-order valence-corrected chi connectivity index (χ3v) is 3.57. The number of pyridine rings is 1. The molecular weight excluding hydrogens is 276 g/mol. The molecule has 0 saturated heterocycles. The molecule has 1 aromatic heterocycles. The van der Waals surface area contributed by atoms with E-state index in [4.69, 9.17) is 11.6 Å². The van der Waals surface area contributed by atoms with Gasteiger partial charge < -0.3 is 10.0 Å². The highest BCUT2D eigenvalue weighted by atomic mass is 35.5. The maximum absolute atomic E-state index is 12.4. The fraction of sp³-hybridized carbons (Fsp3) is 0.200. The predicted molar refractivity (Wildman–Crippen MR) is 77.9 cm³/mol. The molecule has 1 N–H and O–H groups in total. The van der Waals surface area contributed by atoms with E-state index in [9.17, 15) is 9.90 Å². The summed E-state index contributed by atoms with van der Waals surface area (Å²) >= 11 is 6.15. The van der Waals surface area contributed by atoms with Crippen molar-refractivity contribution in [1.29, 1.82) is 0 Å². The molecule has 0 fully saturated rings. The first-order chi connectivity index (χ1) is 9.50. The highest BCUT2D eigenvalue weighted by Crippen LogP contribution is 2.27. The monoisotopic (exact) mass is 290 g/mol. The summed E-state index contributed by atoms with van der Waals surface area (Å²) in [6.07, 6.45) is 2.71. The minimum atomic E-state index is -0.221. The van der Waals surface area contributed by atoms with E-state index >= 15 is 0 Å². The second-order valence-corrected chi connectivity index (χ2v) is 4.95. The van der Waals surface area contributed by atoms with Gasteiger partial charge in [0, 0.05) is 18.3 Å². The third kappa shape index (κ3) is 2.91. The van der Waals surface area contributed by atoms with Gasteiger partial charge in [-0.15, -0.1) is 0 Å². The van der Waals surface area contributed by atoms with Crippen LogP contribution < -0.4 is 0 Å². The smallest absolute Gasteiger partial charge is 0.255 e. The van der Waals surface area contributed by atoms with Gasteiger partial charge in [-0.2, -0.15) is 0 Å². The summed E-state index contributed by atoms with van der Waals surface area (Å²) in [6.45, 7) is 1.90. The topological polar surface area (TPSA) is 53.4 Å². The molecule has 104 valence electrons. The quantitative estimate of drug-likeness (QED) is 0.944. The molecule has 20 heavy (non-hydrogen) atoms. The molecule has 1 aromatic carbocycles. The van der Waals surface area contributed by atoms with E-state index in [0.717, 1.165) is 5.56 Å². The Morgan fingerprint density at radius 3 is 2.70 bits per heavy atom. The van der Waals surface area contributed by atoms with Gasteiger partial charge in [0.15, 0.2) is 0 Å². The van der Waals surface area contributed by atoms with Gasteiger partial charge in [-0.25, -0.2) is 0 Å². The number of benzene rings is 1. The maximum atomic E-state index is 12.4. The van der Waals surface area contributed by atoms with Crippen LogP contribution in [0, 0.1) is 0 Å². The number of amides is 1. The van der Waals surface area contributed by atoms with Gasteiger partial charge in [-0.1, -0.05) is 29.8 Å². The number of carbonyl (C=O) groups excluding carboxylic acids is 1. The van der Waals surface area contributed by atoms with E-state index in [2.05, 4.69) is 4.98 Å². The summed E-state index contributed by atoms with van der Waals surface area (Å²) in [7, 11) is 1.69. The highest BCUT2D eigenvalue weighted by molar-refractivity contribution is 6.31. The van der Waals surface area contributed by atoms with Crippen molar-refractivity contribution in [2.75, 3.05) is 7.05 Å². The molecule has 4 nitrogen and oxygen atoms in total. The van der Waals surface area contributed by atoms with Crippen LogP contribution in [0.3, 0.4) is 0 Å². The number of hydrogen-bond acceptors (Lipinski definition) is 3. The van der Waals surface area contributed by atoms with E-state index in [1.165, 1.54) is 18.5 Å². The summed E-state index contributed by atoms with van der Waals surface area (Å²) in [4.78, 5) is 17.7. The maximum Gasteiger partial charge on any atom is 0.255 e. The molecule has 1 unspecified atom stereocenters. The first-order valence-corrected chi connectivity index (χ1v) is 6.54. The number of rotatable bonds is 3. The van der Waals surface area contributed by atoms with Crippen LogP contribution in [-0.2, 0) is 0 Å². The van der Waals surface area contributed by atoms with Crippen molar-refractivity contribution in [2.45, 2.75) is 13.0 Å². The number of nitrogens with zero attached hydrogens (tertiary/aromatic N) is 2. The number of aromatic hydroxyl groups is 1. The Kier molecular flexibility index (Phi) is 4.25. The average Bonchev–Trinajstić information content (AvgIpc) is 2.45. The Morgan fingerprint density at radius 1 is 1.35 bits per heavy atom. The Balaban J connectivity index is 2.25. The molecule has 0 saturated carbocycles. The van der Waals surface area contributed by atoms with Gasteiger partial charge in [-0.05, 0) is 24.6 Å². The lowest BCUT2D eigenvalue weighted by molar-refractivity contribution is 0.0742. The van der Waals surface area contributed by atoms with Gasteiger partial charge in [0.05, 0.1) is 17.8 Å². The first kappa shape index (κ1) is 14.3. The number of carbonyl (C=O) groups is 1. The molecule has 0 bridgehead atoms. The van der Waals surface area contributed by atoms with Crippen LogP contribution in [0.4, 0.5) is 0 Å². The van der Waals surface area contributed by atoms with Crippen LogP contribution in [0.15, 0.2) is 42.7 Å². The summed E-state index contributed by atoms with van der Waals surface area (Å²) in [5, 5.41) is 10.0. The fourth-order valence-corrected chi connectivity index (χ4v) is 2.24. The van der Waals surface area contributed by atoms with Gasteiger partial charge in [0.1, 0.15) is 5.75 Å². The lowest BCUT2D eigenvalue weighted by atomic mass is 10.1. The molecule has 1 atom stereocenters. The van der Waals surface area contributed by atoms with E-state index < -0.39 is 0 Å². The predicted octanol–water partition coefficient (Wildman–Crippen LogP) is 3.27. The number of hydrogen-bond donors (Lipinski definition) is 1. The zero-order valence-electron chi connectivity index (χ0n) is 11.2. The van der Waals surface area contributed by atoms with Gasteiger partial charge in [0.25, 0.3) is 5.91 Å². The van der Waals surface area contributed by atoms with Crippen LogP contribution in [0.25, 0.3) is 0 Å². The Bertz CT molecular complexity index is 631. The van der Waals surface area contributed by atoms with Crippen LogP contribution in [0.1, 0.15) is 28.9 Å². The molecule has 0 aliphatic carbocycles. The number of aromatic nitrogens is 1. The molecule has 0 aliphatic heterocycles. The molecular formula is C15H15ClN2O2. The van der Waals surface area contributed by atoms with Crippen molar-refractivity contribution in [3.05, 3.63) is 58.9 Å². The summed E-state index contributed by atoms with van der Waals surface area (Å²) in [5.74, 6) is -0.254. The van der Waals surface area contributed by atoms with Gasteiger partial charge >= 0.3 is 0 Å². The first-order valence-electron chi connectivity index (χ1n) is 6.16. The van der Waals surface area contributed by atoms with Crippen molar-refractivity contribution < 1.29 is 9.90 Å². The zero-order valence-corrected chi connectivity index (χ0v) is 12.0. The number of halogens is 1. The second-order valence-electron chi connectivity index (χ2n) is 4.55. The molecule has 2 rings (SSSR count). The van der Waals surface area contributed by atoms with Crippen molar-refractivity contribution in [2.24, 2.45) is 0 Å². The van der Waals surface area contributed by atoms with Crippen molar-refractivity contribution in [1.82, 2.24) is 9.88 Å². The van der Waals surface area contributed by atoms with Crippen molar-refractivity contribution >= 4 is 17.5 Å². The summed E-state index contributed by atoms with van der Waals surface area (Å²) < 4.78 is 0. The van der Waals surface area contributed by atoms with Gasteiger partial charge in [0.2, 0.25) is 0 Å². The van der Waals surface area contributed by atoms with Crippen LogP contribution in [0.5, 0.6) is 5.75 Å². The highest BCUT2D eigenvalue weighted by Gasteiger charge is 2.20. The molecule has 0 spiro atoms. The van der Waals surface area contributed by atoms with E-state index in [0.29, 0.717) is 10.6 Å². The van der Waals surface area contributed by atoms with E-state index in [-0.39, 0.29) is 17.7 Å². The van der Waals surface area contributed by atoms with E-state index in [1.807, 2.05) is 25.1 Å². The summed E-state index contributed by atoms with van der Waals surface area (Å²) in [6, 6.07) is 8.62. The lowest BCUT2D eigenvalue weighted by Crippen LogP contribution is -2.29. The third-order valence-electron chi connectivity index (χ3n) is 3.23. The molecule has 2 aromatic rings. The minimum Gasteiger partial charge on any atom is -0.506 e. The molecule has 0 aliphatic rings. The van der Waals surface area contributed by atoms with Crippen LogP contribution in [-0.4, -0.2) is 27.9 Å². The normalized spacial score (nSPS) is 11.9. The second kappa shape index (κ2) is 5.92. The van der Waals surface area contributed by atoms with Crippen molar-refractivity contribution in [3.63, 3.8) is 0 Å². The standard InChI is InChI=1S/C15H15ClN2O2/c1-10(13-5-3-4-6-14(13)16)18(2)15(20)11-7-12(19)9-17-8-11/h3-10,19H,1-2H3. The lowest BCUT2D eigenvalue weighted by Gasteiger charge is -2.26. The molecule has 5 heteroatoms. The average molecular weight is 291 g/mol. The summed E-state index contributed by atoms with van der Waals surface area (Å²) in [5.41, 5.74) is 1.21. The van der Waals surface area contributed by atoms with E-state index in [1.54, 1.807) is 18.0 Å². The van der Waals surface area contributed by atoms with Crippen molar-refractivity contribution in [3.8, 4) is 5.75 Å². The fourth-order valence-electron chi connectivity index (χ4n) is 1.95.